The summed E-state index contributed by atoms with van der Waals surface area (Å²) in [6.07, 6.45) is 11.0. The Balaban J connectivity index is 1.67. The second-order valence-electron chi connectivity index (χ2n) is 9.24. The molecule has 32 heavy (non-hydrogen) atoms. The molecular formula is C29H29N3. The summed E-state index contributed by atoms with van der Waals surface area (Å²) in [5.41, 5.74) is 8.82. The zero-order valence-electron chi connectivity index (χ0n) is 18.9. The molecule has 3 nitrogen and oxygen atoms in total. The van der Waals surface area contributed by atoms with E-state index in [4.69, 9.17) is 4.98 Å². The standard InChI is InChI=1S/C29H29N3/c1-20-8-11-25(16-21(20)2)29-28(24-12-9-22(17-30)10-13-24)26-14-15-32(27(26)18-31-29)19-23-6-4-3-5-7-23/h8-16,18,23H,3-7,19H2,1-2H3. The van der Waals surface area contributed by atoms with E-state index >= 15 is 0 Å². The van der Waals surface area contributed by atoms with E-state index < -0.39 is 0 Å². The number of benzene rings is 2. The molecule has 1 aliphatic rings. The van der Waals surface area contributed by atoms with Crippen molar-refractivity contribution in [2.75, 3.05) is 0 Å². The van der Waals surface area contributed by atoms with Crippen molar-refractivity contribution in [3.63, 3.8) is 0 Å². The normalized spacial score (nSPS) is 14.5. The van der Waals surface area contributed by atoms with Crippen LogP contribution < -0.4 is 0 Å². The number of pyridine rings is 1. The first-order valence-electron chi connectivity index (χ1n) is 11.7. The van der Waals surface area contributed by atoms with Gasteiger partial charge in [-0.25, -0.2) is 0 Å². The molecule has 0 amide bonds. The minimum Gasteiger partial charge on any atom is -0.346 e. The molecule has 0 spiro atoms. The Morgan fingerprint density at radius 3 is 2.41 bits per heavy atom. The number of nitrogens with zero attached hydrogens (tertiary/aromatic N) is 3. The molecule has 4 aromatic rings. The summed E-state index contributed by atoms with van der Waals surface area (Å²) in [5.74, 6) is 0.761. The first-order valence-corrected chi connectivity index (χ1v) is 11.7. The predicted molar refractivity (Wildman–Crippen MR) is 131 cm³/mol. The van der Waals surface area contributed by atoms with Crippen LogP contribution in [0.15, 0.2) is 60.9 Å². The summed E-state index contributed by atoms with van der Waals surface area (Å²) in [6, 6.07) is 19.0. The Morgan fingerprint density at radius 2 is 1.69 bits per heavy atom. The Kier molecular flexibility index (Phi) is 5.53. The molecule has 0 bridgehead atoms. The molecule has 0 unspecified atom stereocenters. The summed E-state index contributed by atoms with van der Waals surface area (Å²) < 4.78 is 2.40. The van der Waals surface area contributed by atoms with E-state index in [9.17, 15) is 5.26 Å². The van der Waals surface area contributed by atoms with Gasteiger partial charge in [-0.3, -0.25) is 4.98 Å². The number of aryl methyl sites for hydroxylation is 2. The zero-order valence-corrected chi connectivity index (χ0v) is 18.9. The fourth-order valence-corrected chi connectivity index (χ4v) is 5.08. The van der Waals surface area contributed by atoms with Gasteiger partial charge in [0, 0.05) is 29.3 Å². The minimum atomic E-state index is 0.677. The lowest BCUT2D eigenvalue weighted by atomic mass is 9.89. The number of hydrogen-bond acceptors (Lipinski definition) is 2. The average molecular weight is 420 g/mol. The van der Waals surface area contributed by atoms with Crippen molar-refractivity contribution in [2.24, 2.45) is 5.92 Å². The van der Waals surface area contributed by atoms with Crippen molar-refractivity contribution in [1.29, 1.82) is 5.26 Å². The molecule has 3 heteroatoms. The molecular weight excluding hydrogens is 390 g/mol. The molecule has 5 rings (SSSR count). The van der Waals surface area contributed by atoms with Crippen molar-refractivity contribution in [3.05, 3.63) is 77.6 Å². The average Bonchev–Trinajstić information content (AvgIpc) is 3.24. The van der Waals surface area contributed by atoms with Crippen LogP contribution in [-0.4, -0.2) is 9.55 Å². The highest BCUT2D eigenvalue weighted by Crippen LogP contribution is 2.38. The minimum absolute atomic E-state index is 0.677. The fourth-order valence-electron chi connectivity index (χ4n) is 5.08. The molecule has 0 atom stereocenters. The van der Waals surface area contributed by atoms with Gasteiger partial charge >= 0.3 is 0 Å². The van der Waals surface area contributed by atoms with Gasteiger partial charge in [-0.05, 0) is 73.6 Å². The fraction of sp³-hybridized carbons (Fsp3) is 0.310. The van der Waals surface area contributed by atoms with Crippen LogP contribution in [0.1, 0.15) is 48.8 Å². The van der Waals surface area contributed by atoms with Crippen LogP contribution >= 0.6 is 0 Å². The number of fused-ring (bicyclic) bond motifs is 1. The third-order valence-corrected chi connectivity index (χ3v) is 7.09. The Bertz CT molecular complexity index is 1300. The lowest BCUT2D eigenvalue weighted by Crippen LogP contribution is -2.13. The highest BCUT2D eigenvalue weighted by Gasteiger charge is 2.19. The van der Waals surface area contributed by atoms with E-state index in [0.29, 0.717) is 5.56 Å². The SMILES string of the molecule is Cc1ccc(-c2ncc3c(ccn3CC3CCCCC3)c2-c2ccc(C#N)cc2)cc1C. The topological polar surface area (TPSA) is 41.6 Å². The van der Waals surface area contributed by atoms with Crippen LogP contribution in [0.25, 0.3) is 33.3 Å². The maximum absolute atomic E-state index is 9.25. The molecule has 2 heterocycles. The third kappa shape index (κ3) is 3.82. The molecule has 0 aliphatic heterocycles. The smallest absolute Gasteiger partial charge is 0.0991 e. The molecule has 160 valence electrons. The van der Waals surface area contributed by atoms with Gasteiger partial charge in [-0.2, -0.15) is 5.26 Å². The maximum atomic E-state index is 9.25. The van der Waals surface area contributed by atoms with Gasteiger partial charge < -0.3 is 4.57 Å². The number of nitriles is 1. The quantitative estimate of drug-likeness (QED) is 0.345. The van der Waals surface area contributed by atoms with Gasteiger partial charge in [0.1, 0.15) is 0 Å². The van der Waals surface area contributed by atoms with Crippen LogP contribution in [0, 0.1) is 31.1 Å². The Morgan fingerprint density at radius 1 is 0.938 bits per heavy atom. The first-order chi connectivity index (χ1) is 15.6. The number of hydrogen-bond donors (Lipinski definition) is 0. The lowest BCUT2D eigenvalue weighted by molar-refractivity contribution is 0.322. The monoisotopic (exact) mass is 419 g/mol. The van der Waals surface area contributed by atoms with Crippen molar-refractivity contribution in [2.45, 2.75) is 52.5 Å². The van der Waals surface area contributed by atoms with Crippen LogP contribution in [0.2, 0.25) is 0 Å². The van der Waals surface area contributed by atoms with Crippen LogP contribution in [0.4, 0.5) is 0 Å². The highest BCUT2D eigenvalue weighted by molar-refractivity contribution is 6.01. The first kappa shape index (κ1) is 20.5. The number of rotatable bonds is 4. The van der Waals surface area contributed by atoms with E-state index in [1.807, 2.05) is 12.1 Å². The summed E-state index contributed by atoms with van der Waals surface area (Å²) in [5, 5.41) is 10.5. The molecule has 0 saturated heterocycles. The molecule has 0 N–H and O–H groups in total. The van der Waals surface area contributed by atoms with Gasteiger partial charge in [0.15, 0.2) is 0 Å². The molecule has 1 fully saturated rings. The van der Waals surface area contributed by atoms with E-state index in [-0.39, 0.29) is 0 Å². The third-order valence-electron chi connectivity index (χ3n) is 7.09. The van der Waals surface area contributed by atoms with Gasteiger partial charge in [0.2, 0.25) is 0 Å². The van der Waals surface area contributed by atoms with Crippen molar-refractivity contribution in [3.8, 4) is 28.5 Å². The molecule has 2 aromatic heterocycles. The second kappa shape index (κ2) is 8.63. The van der Waals surface area contributed by atoms with Crippen LogP contribution in [0.5, 0.6) is 0 Å². The van der Waals surface area contributed by atoms with E-state index in [1.54, 1.807) is 0 Å². The molecule has 1 saturated carbocycles. The Labute approximate surface area is 190 Å². The lowest BCUT2D eigenvalue weighted by Gasteiger charge is -2.22. The van der Waals surface area contributed by atoms with E-state index in [2.05, 4.69) is 73.3 Å². The largest absolute Gasteiger partial charge is 0.346 e. The van der Waals surface area contributed by atoms with Gasteiger partial charge in [0.05, 0.1) is 29.0 Å². The Hall–Kier alpha value is -3.38. The van der Waals surface area contributed by atoms with Crippen molar-refractivity contribution in [1.82, 2.24) is 9.55 Å². The zero-order chi connectivity index (χ0) is 22.1. The molecule has 1 aliphatic carbocycles. The summed E-state index contributed by atoms with van der Waals surface area (Å²) in [4.78, 5) is 5.01. The number of aromatic nitrogens is 2. The highest BCUT2D eigenvalue weighted by atomic mass is 15.0. The van der Waals surface area contributed by atoms with Gasteiger partial charge in [0.25, 0.3) is 0 Å². The second-order valence-corrected chi connectivity index (χ2v) is 9.24. The summed E-state index contributed by atoms with van der Waals surface area (Å²) >= 11 is 0. The van der Waals surface area contributed by atoms with E-state index in [1.165, 1.54) is 54.1 Å². The van der Waals surface area contributed by atoms with Crippen LogP contribution in [-0.2, 0) is 6.54 Å². The molecule has 2 aromatic carbocycles. The van der Waals surface area contributed by atoms with Crippen LogP contribution in [0.3, 0.4) is 0 Å². The van der Waals surface area contributed by atoms with Gasteiger partial charge in [-0.15, -0.1) is 0 Å². The van der Waals surface area contributed by atoms with Crippen molar-refractivity contribution >= 4 is 10.9 Å². The maximum Gasteiger partial charge on any atom is 0.0991 e. The van der Waals surface area contributed by atoms with Crippen molar-refractivity contribution < 1.29 is 0 Å². The van der Waals surface area contributed by atoms with E-state index in [0.717, 1.165) is 34.8 Å². The van der Waals surface area contributed by atoms with Gasteiger partial charge in [-0.1, -0.05) is 43.5 Å². The predicted octanol–water partition coefficient (Wildman–Crippen LogP) is 7.44. The molecule has 0 radical (unpaired) electrons. The summed E-state index contributed by atoms with van der Waals surface area (Å²) in [7, 11) is 0. The summed E-state index contributed by atoms with van der Waals surface area (Å²) in [6.45, 7) is 5.36.